The number of hydrogen-bond donors (Lipinski definition) is 0. The van der Waals surface area contributed by atoms with E-state index in [0.717, 1.165) is 0 Å². The minimum atomic E-state index is 1.75. The van der Waals surface area contributed by atoms with Crippen LogP contribution in [-0.2, 0) is 0 Å². The highest BCUT2D eigenvalue weighted by molar-refractivity contribution is 4.95. The largest absolute Gasteiger partial charge is 0.383 e. The molecule has 0 heterocycles. The molecule has 0 atom stereocenters. The monoisotopic (exact) mass is 97.1 g/mol. The SMILES string of the molecule is C=CC=CN(C)C. The van der Waals surface area contributed by atoms with Crippen molar-refractivity contribution in [3.05, 3.63) is 24.9 Å². The first kappa shape index (κ1) is 6.28. The van der Waals surface area contributed by atoms with Crippen molar-refractivity contribution in [2.24, 2.45) is 0 Å². The number of rotatable bonds is 2. The second-order valence-electron chi connectivity index (χ2n) is 1.54. The lowest BCUT2D eigenvalue weighted by atomic mass is 10.6. The molecular formula is C6H11N. The van der Waals surface area contributed by atoms with E-state index in [1.54, 1.807) is 6.08 Å². The van der Waals surface area contributed by atoms with Crippen LogP contribution in [0.4, 0.5) is 0 Å². The van der Waals surface area contributed by atoms with Crippen molar-refractivity contribution < 1.29 is 0 Å². The third kappa shape index (κ3) is 5.28. The fourth-order valence-electron chi connectivity index (χ4n) is 0.233. The average molecular weight is 97.2 g/mol. The van der Waals surface area contributed by atoms with Crippen LogP contribution < -0.4 is 0 Å². The first-order chi connectivity index (χ1) is 3.27. The molecule has 0 fully saturated rings. The molecule has 7 heavy (non-hydrogen) atoms. The lowest BCUT2D eigenvalue weighted by Crippen LogP contribution is -1.99. The Morgan fingerprint density at radius 1 is 1.43 bits per heavy atom. The first-order valence-corrected chi connectivity index (χ1v) is 2.23. The Hall–Kier alpha value is -0.720. The van der Waals surface area contributed by atoms with Gasteiger partial charge < -0.3 is 4.90 Å². The summed E-state index contributed by atoms with van der Waals surface area (Å²) in [6, 6.07) is 0. The van der Waals surface area contributed by atoms with E-state index in [4.69, 9.17) is 0 Å². The highest BCUT2D eigenvalue weighted by Crippen LogP contribution is 1.75. The number of hydrogen-bond acceptors (Lipinski definition) is 1. The fraction of sp³-hybridized carbons (Fsp3) is 0.333. The number of allylic oxidation sites excluding steroid dienone is 2. The van der Waals surface area contributed by atoms with Gasteiger partial charge in [0.1, 0.15) is 0 Å². The minimum absolute atomic E-state index is 1.75. The Morgan fingerprint density at radius 3 is 2.14 bits per heavy atom. The van der Waals surface area contributed by atoms with Gasteiger partial charge in [0.2, 0.25) is 0 Å². The molecule has 0 aromatic rings. The highest BCUT2D eigenvalue weighted by Gasteiger charge is 1.67. The topological polar surface area (TPSA) is 3.24 Å². The molecule has 0 radical (unpaired) electrons. The molecular weight excluding hydrogens is 86.1 g/mol. The van der Waals surface area contributed by atoms with E-state index in [2.05, 4.69) is 6.58 Å². The summed E-state index contributed by atoms with van der Waals surface area (Å²) in [6.07, 6.45) is 5.58. The van der Waals surface area contributed by atoms with E-state index in [-0.39, 0.29) is 0 Å². The van der Waals surface area contributed by atoms with Crippen LogP contribution >= 0.6 is 0 Å². The van der Waals surface area contributed by atoms with Gasteiger partial charge in [0, 0.05) is 14.1 Å². The van der Waals surface area contributed by atoms with Gasteiger partial charge in [-0.3, -0.25) is 0 Å². The maximum absolute atomic E-state index is 3.52. The van der Waals surface area contributed by atoms with Crippen molar-refractivity contribution in [2.75, 3.05) is 14.1 Å². The standard InChI is InChI=1S/C6H11N/c1-4-5-6-7(2)3/h4-6H,1H2,2-3H3. The minimum Gasteiger partial charge on any atom is -0.383 e. The molecule has 0 amide bonds. The molecule has 0 N–H and O–H groups in total. The Bertz CT molecular complexity index is 72.2. The van der Waals surface area contributed by atoms with Crippen LogP contribution in [0.5, 0.6) is 0 Å². The van der Waals surface area contributed by atoms with Gasteiger partial charge in [-0.05, 0) is 12.3 Å². The predicted octanol–water partition coefficient (Wildman–Crippen LogP) is 1.25. The molecule has 1 nitrogen and oxygen atoms in total. The second kappa shape index (κ2) is 3.47. The average Bonchev–Trinajstić information content (AvgIpc) is 1.61. The molecule has 0 saturated carbocycles. The zero-order valence-electron chi connectivity index (χ0n) is 4.89. The van der Waals surface area contributed by atoms with Crippen molar-refractivity contribution in [2.45, 2.75) is 0 Å². The molecule has 0 aliphatic rings. The van der Waals surface area contributed by atoms with Gasteiger partial charge >= 0.3 is 0 Å². The molecule has 0 aromatic carbocycles. The van der Waals surface area contributed by atoms with E-state index in [1.807, 2.05) is 31.3 Å². The van der Waals surface area contributed by atoms with Gasteiger partial charge in [-0.2, -0.15) is 0 Å². The molecule has 0 saturated heterocycles. The molecule has 0 aliphatic heterocycles. The zero-order chi connectivity index (χ0) is 5.70. The maximum atomic E-state index is 3.52. The third-order valence-corrected chi connectivity index (χ3v) is 0.520. The van der Waals surface area contributed by atoms with Crippen LogP contribution in [0.1, 0.15) is 0 Å². The van der Waals surface area contributed by atoms with Crippen LogP contribution in [-0.4, -0.2) is 19.0 Å². The van der Waals surface area contributed by atoms with Gasteiger partial charge in [-0.25, -0.2) is 0 Å². The molecule has 0 spiro atoms. The summed E-state index contributed by atoms with van der Waals surface area (Å²) in [7, 11) is 3.94. The van der Waals surface area contributed by atoms with Gasteiger partial charge in [-0.1, -0.05) is 12.7 Å². The van der Waals surface area contributed by atoms with Gasteiger partial charge in [0.05, 0.1) is 0 Å². The fourth-order valence-corrected chi connectivity index (χ4v) is 0.233. The molecule has 40 valence electrons. The van der Waals surface area contributed by atoms with Crippen LogP contribution in [0.25, 0.3) is 0 Å². The summed E-state index contributed by atoms with van der Waals surface area (Å²) in [5.41, 5.74) is 0. The van der Waals surface area contributed by atoms with Crippen LogP contribution in [0.3, 0.4) is 0 Å². The van der Waals surface area contributed by atoms with Crippen molar-refractivity contribution in [3.63, 3.8) is 0 Å². The molecule has 0 aliphatic carbocycles. The quantitative estimate of drug-likeness (QED) is 0.469. The molecule has 0 aromatic heterocycles. The first-order valence-electron chi connectivity index (χ1n) is 2.23. The summed E-state index contributed by atoms with van der Waals surface area (Å²) in [5, 5.41) is 0. The molecule has 0 rings (SSSR count). The Morgan fingerprint density at radius 2 is 2.00 bits per heavy atom. The van der Waals surface area contributed by atoms with Crippen molar-refractivity contribution in [1.82, 2.24) is 4.90 Å². The van der Waals surface area contributed by atoms with Crippen LogP contribution in [0.2, 0.25) is 0 Å². The van der Waals surface area contributed by atoms with Crippen molar-refractivity contribution in [1.29, 1.82) is 0 Å². The number of nitrogens with zero attached hydrogens (tertiary/aromatic N) is 1. The predicted molar refractivity (Wildman–Crippen MR) is 33.0 cm³/mol. The molecule has 0 unspecified atom stereocenters. The van der Waals surface area contributed by atoms with Crippen LogP contribution in [0, 0.1) is 0 Å². The van der Waals surface area contributed by atoms with E-state index < -0.39 is 0 Å². The van der Waals surface area contributed by atoms with E-state index in [9.17, 15) is 0 Å². The highest BCUT2D eigenvalue weighted by atomic mass is 15.0. The summed E-state index contributed by atoms with van der Waals surface area (Å²) >= 11 is 0. The Labute approximate surface area is 44.9 Å². The second-order valence-corrected chi connectivity index (χ2v) is 1.54. The Balaban J connectivity index is 3.25. The normalized spacial score (nSPS) is 9.43. The van der Waals surface area contributed by atoms with Crippen LogP contribution in [0.15, 0.2) is 24.9 Å². The summed E-state index contributed by atoms with van der Waals surface area (Å²) in [6.45, 7) is 3.52. The van der Waals surface area contributed by atoms with E-state index in [1.165, 1.54) is 0 Å². The third-order valence-electron chi connectivity index (χ3n) is 0.520. The molecule has 0 bridgehead atoms. The van der Waals surface area contributed by atoms with Gasteiger partial charge in [0.25, 0.3) is 0 Å². The van der Waals surface area contributed by atoms with Crippen molar-refractivity contribution in [3.8, 4) is 0 Å². The summed E-state index contributed by atoms with van der Waals surface area (Å²) < 4.78 is 0. The lowest BCUT2D eigenvalue weighted by Gasteiger charge is -2.00. The summed E-state index contributed by atoms with van der Waals surface area (Å²) in [4.78, 5) is 1.96. The van der Waals surface area contributed by atoms with E-state index in [0.29, 0.717) is 0 Å². The van der Waals surface area contributed by atoms with E-state index >= 15 is 0 Å². The lowest BCUT2D eigenvalue weighted by molar-refractivity contribution is 0.564. The van der Waals surface area contributed by atoms with Crippen molar-refractivity contribution >= 4 is 0 Å². The summed E-state index contributed by atoms with van der Waals surface area (Å²) in [5.74, 6) is 0. The zero-order valence-corrected chi connectivity index (χ0v) is 4.89. The Kier molecular flexibility index (Phi) is 3.11. The van der Waals surface area contributed by atoms with Gasteiger partial charge in [0.15, 0.2) is 0 Å². The maximum Gasteiger partial charge on any atom is 0.00556 e. The smallest absolute Gasteiger partial charge is 0.00556 e. The van der Waals surface area contributed by atoms with Gasteiger partial charge in [-0.15, -0.1) is 0 Å². The molecule has 1 heteroatoms.